The molecule has 2 rings (SSSR count). The number of rotatable bonds is 4. The highest BCUT2D eigenvalue weighted by molar-refractivity contribution is 9.10. The minimum atomic E-state index is -3.95. The third kappa shape index (κ3) is 3.78. The third-order valence-electron chi connectivity index (χ3n) is 2.74. The van der Waals surface area contributed by atoms with Crippen LogP contribution < -0.4 is 10.5 Å². The smallest absolute Gasteiger partial charge is 0.240 e. The second-order valence-corrected chi connectivity index (χ2v) is 6.93. The number of benzene rings is 2. The molecule has 0 bridgehead atoms. The van der Waals surface area contributed by atoms with E-state index in [0.717, 1.165) is 12.1 Å². The summed E-state index contributed by atoms with van der Waals surface area (Å²) in [6, 6.07) is 7.33. The van der Waals surface area contributed by atoms with Gasteiger partial charge in [-0.25, -0.2) is 21.9 Å². The van der Waals surface area contributed by atoms with Gasteiger partial charge >= 0.3 is 0 Å². The van der Waals surface area contributed by atoms with Crippen molar-refractivity contribution in [2.45, 2.75) is 11.4 Å². The minimum absolute atomic E-state index is 0.146. The Bertz CT molecular complexity index is 782. The maximum atomic E-state index is 13.5. The molecular formula is C13H11BrF2N2O2S. The molecule has 8 heteroatoms. The maximum absolute atomic E-state index is 13.5. The summed E-state index contributed by atoms with van der Waals surface area (Å²) in [5.41, 5.74) is 5.31. The summed E-state index contributed by atoms with van der Waals surface area (Å²) < 4.78 is 53.7. The van der Waals surface area contributed by atoms with Crippen molar-refractivity contribution in [3.63, 3.8) is 0 Å². The zero-order valence-electron chi connectivity index (χ0n) is 10.6. The van der Waals surface area contributed by atoms with Crippen LogP contribution >= 0.6 is 15.9 Å². The van der Waals surface area contributed by atoms with Crippen molar-refractivity contribution in [3.8, 4) is 0 Å². The van der Waals surface area contributed by atoms with Gasteiger partial charge in [-0.05, 0) is 36.4 Å². The molecule has 0 aromatic heterocycles. The van der Waals surface area contributed by atoms with E-state index in [1.807, 2.05) is 0 Å². The first-order chi connectivity index (χ1) is 9.79. The van der Waals surface area contributed by atoms with Crippen LogP contribution in [-0.4, -0.2) is 8.42 Å². The van der Waals surface area contributed by atoms with E-state index >= 15 is 0 Å². The monoisotopic (exact) mass is 376 g/mol. The van der Waals surface area contributed by atoms with Gasteiger partial charge in [0.05, 0.1) is 10.6 Å². The van der Waals surface area contributed by atoms with Gasteiger partial charge in [0, 0.05) is 16.6 Å². The molecule has 0 amide bonds. The molecule has 2 aromatic carbocycles. The zero-order valence-corrected chi connectivity index (χ0v) is 13.0. The summed E-state index contributed by atoms with van der Waals surface area (Å²) >= 11 is 3.17. The van der Waals surface area contributed by atoms with E-state index in [0.29, 0.717) is 4.47 Å². The topological polar surface area (TPSA) is 72.2 Å². The van der Waals surface area contributed by atoms with Crippen LogP contribution in [-0.2, 0) is 16.6 Å². The van der Waals surface area contributed by atoms with E-state index in [1.54, 1.807) is 0 Å². The van der Waals surface area contributed by atoms with Crippen LogP contribution in [0.15, 0.2) is 45.8 Å². The fourth-order valence-corrected chi connectivity index (χ4v) is 3.04. The standard InChI is InChI=1S/C13H11BrF2N2O2S/c14-9-1-3-11(15)8(5-9)7-18-21(19,20)10-2-4-13(17)12(16)6-10/h1-6,18H,7,17H2. The van der Waals surface area contributed by atoms with Gasteiger partial charge in [-0.1, -0.05) is 15.9 Å². The van der Waals surface area contributed by atoms with E-state index in [4.69, 9.17) is 5.73 Å². The average Bonchev–Trinajstić information content (AvgIpc) is 2.43. The van der Waals surface area contributed by atoms with Crippen molar-refractivity contribution in [2.24, 2.45) is 0 Å². The molecule has 4 nitrogen and oxygen atoms in total. The molecule has 0 saturated heterocycles. The van der Waals surface area contributed by atoms with E-state index in [9.17, 15) is 17.2 Å². The molecule has 2 aromatic rings. The van der Waals surface area contributed by atoms with Crippen molar-refractivity contribution < 1.29 is 17.2 Å². The fraction of sp³-hybridized carbons (Fsp3) is 0.0769. The lowest BCUT2D eigenvalue weighted by atomic mass is 10.2. The van der Waals surface area contributed by atoms with Crippen LogP contribution in [0, 0.1) is 11.6 Å². The van der Waals surface area contributed by atoms with E-state index in [1.165, 1.54) is 24.3 Å². The summed E-state index contributed by atoms with van der Waals surface area (Å²) in [5, 5.41) is 0. The van der Waals surface area contributed by atoms with Gasteiger partial charge < -0.3 is 5.73 Å². The molecule has 112 valence electrons. The number of nitrogens with one attached hydrogen (secondary N) is 1. The van der Waals surface area contributed by atoms with E-state index < -0.39 is 21.7 Å². The van der Waals surface area contributed by atoms with Gasteiger partial charge in [-0.2, -0.15) is 0 Å². The third-order valence-corrected chi connectivity index (χ3v) is 4.63. The first kappa shape index (κ1) is 15.9. The maximum Gasteiger partial charge on any atom is 0.240 e. The summed E-state index contributed by atoms with van der Waals surface area (Å²) in [6.45, 7) is -0.250. The van der Waals surface area contributed by atoms with Crippen LogP contribution in [0.1, 0.15) is 5.56 Å². The van der Waals surface area contributed by atoms with Crippen molar-refractivity contribution >= 4 is 31.6 Å². The quantitative estimate of drug-likeness (QED) is 0.805. The number of hydrogen-bond acceptors (Lipinski definition) is 3. The van der Waals surface area contributed by atoms with Crippen molar-refractivity contribution in [3.05, 3.63) is 58.1 Å². The van der Waals surface area contributed by atoms with Crippen LogP contribution in [0.5, 0.6) is 0 Å². The lowest BCUT2D eigenvalue weighted by Crippen LogP contribution is -2.24. The zero-order chi connectivity index (χ0) is 15.6. The second-order valence-electron chi connectivity index (χ2n) is 4.24. The number of anilines is 1. The fourth-order valence-electron chi connectivity index (χ4n) is 1.61. The number of halogens is 3. The van der Waals surface area contributed by atoms with Gasteiger partial charge in [-0.15, -0.1) is 0 Å². The summed E-state index contributed by atoms with van der Waals surface area (Å²) in [5.74, 6) is -1.36. The Hall–Kier alpha value is -1.51. The summed E-state index contributed by atoms with van der Waals surface area (Å²) in [4.78, 5) is -0.274. The minimum Gasteiger partial charge on any atom is -0.396 e. The molecule has 0 heterocycles. The average molecular weight is 377 g/mol. The Kier molecular flexibility index (Phi) is 4.60. The normalized spacial score (nSPS) is 11.6. The van der Waals surface area contributed by atoms with Crippen LogP contribution in [0.2, 0.25) is 0 Å². The highest BCUT2D eigenvalue weighted by Gasteiger charge is 2.16. The molecule has 0 fully saturated rings. The number of nitrogens with two attached hydrogens (primary N) is 1. The first-order valence-corrected chi connectivity index (χ1v) is 8.06. The second kappa shape index (κ2) is 6.08. The predicted molar refractivity (Wildman–Crippen MR) is 78.9 cm³/mol. The van der Waals surface area contributed by atoms with Gasteiger partial charge in [0.1, 0.15) is 11.6 Å². The molecule has 0 aliphatic heterocycles. The van der Waals surface area contributed by atoms with Gasteiger partial charge in [-0.3, -0.25) is 0 Å². The molecular weight excluding hydrogens is 366 g/mol. The molecule has 0 saturated carbocycles. The van der Waals surface area contributed by atoms with Gasteiger partial charge in [0.15, 0.2) is 0 Å². The van der Waals surface area contributed by atoms with E-state index in [-0.39, 0.29) is 22.7 Å². The van der Waals surface area contributed by atoms with Crippen LogP contribution in [0.3, 0.4) is 0 Å². The van der Waals surface area contributed by atoms with Crippen LogP contribution in [0.4, 0.5) is 14.5 Å². The Morgan fingerprint density at radius 3 is 2.48 bits per heavy atom. The summed E-state index contributed by atoms with van der Waals surface area (Å²) in [6.07, 6.45) is 0. The highest BCUT2D eigenvalue weighted by Crippen LogP contribution is 2.18. The van der Waals surface area contributed by atoms with Crippen molar-refractivity contribution in [2.75, 3.05) is 5.73 Å². The lowest BCUT2D eigenvalue weighted by Gasteiger charge is -2.09. The molecule has 21 heavy (non-hydrogen) atoms. The first-order valence-electron chi connectivity index (χ1n) is 5.78. The van der Waals surface area contributed by atoms with Crippen LogP contribution in [0.25, 0.3) is 0 Å². The molecule has 0 radical (unpaired) electrons. The predicted octanol–water partition coefficient (Wildman–Crippen LogP) is 2.79. The van der Waals surface area contributed by atoms with Gasteiger partial charge in [0.25, 0.3) is 0 Å². The molecule has 0 aliphatic rings. The Labute approximate surface area is 129 Å². The van der Waals surface area contributed by atoms with Gasteiger partial charge in [0.2, 0.25) is 10.0 Å². The number of hydrogen-bond donors (Lipinski definition) is 2. The molecule has 3 N–H and O–H groups in total. The van der Waals surface area contributed by atoms with Crippen molar-refractivity contribution in [1.29, 1.82) is 0 Å². The summed E-state index contributed by atoms with van der Waals surface area (Å²) in [7, 11) is -3.95. The largest absolute Gasteiger partial charge is 0.396 e. The SMILES string of the molecule is Nc1ccc(S(=O)(=O)NCc2cc(Br)ccc2F)cc1F. The highest BCUT2D eigenvalue weighted by atomic mass is 79.9. The lowest BCUT2D eigenvalue weighted by molar-refractivity contribution is 0.571. The molecule has 0 atom stereocenters. The van der Waals surface area contributed by atoms with E-state index in [2.05, 4.69) is 20.7 Å². The molecule has 0 aliphatic carbocycles. The Morgan fingerprint density at radius 2 is 1.81 bits per heavy atom. The molecule has 0 unspecified atom stereocenters. The number of nitrogen functional groups attached to an aromatic ring is 1. The Morgan fingerprint density at radius 1 is 1.10 bits per heavy atom. The Balaban J connectivity index is 2.21. The molecule has 0 spiro atoms. The van der Waals surface area contributed by atoms with Crippen molar-refractivity contribution in [1.82, 2.24) is 4.72 Å². The number of sulfonamides is 1.